The van der Waals surface area contributed by atoms with Crippen LogP contribution in [0.25, 0.3) is 10.8 Å². The lowest BCUT2D eigenvalue weighted by Gasteiger charge is -2.25. The van der Waals surface area contributed by atoms with Gasteiger partial charge in [-0.05, 0) is 24.3 Å². The molecule has 1 saturated carbocycles. The zero-order valence-electron chi connectivity index (χ0n) is 9.19. The normalized spacial score (nSPS) is 27.0. The fourth-order valence-electron chi connectivity index (χ4n) is 3.59. The number of benzene rings is 1. The third-order valence-electron chi connectivity index (χ3n) is 4.26. The molecule has 2 unspecified atom stereocenters. The van der Waals surface area contributed by atoms with E-state index in [1.54, 1.807) is 0 Å². The average Bonchev–Trinajstić information content (AvgIpc) is 2.68. The van der Waals surface area contributed by atoms with E-state index in [4.69, 9.17) is 0 Å². The highest BCUT2D eigenvalue weighted by Crippen LogP contribution is 2.52. The van der Waals surface area contributed by atoms with Gasteiger partial charge in [-0.2, -0.15) is 10.2 Å². The van der Waals surface area contributed by atoms with E-state index in [-0.39, 0.29) is 0 Å². The van der Waals surface area contributed by atoms with Gasteiger partial charge >= 0.3 is 0 Å². The van der Waals surface area contributed by atoms with Crippen molar-refractivity contribution in [3.63, 3.8) is 0 Å². The van der Waals surface area contributed by atoms with E-state index >= 15 is 0 Å². The SMILES string of the molecule is c1cc2c3c(nncc3c1)C1CCCCC21. The summed E-state index contributed by atoms with van der Waals surface area (Å²) in [5.74, 6) is 1.38. The van der Waals surface area contributed by atoms with Gasteiger partial charge in [0.25, 0.3) is 0 Å². The van der Waals surface area contributed by atoms with Crippen LogP contribution in [0.4, 0.5) is 0 Å². The van der Waals surface area contributed by atoms with Crippen LogP contribution in [0, 0.1) is 0 Å². The first-order valence-electron chi connectivity index (χ1n) is 6.19. The zero-order valence-corrected chi connectivity index (χ0v) is 9.19. The van der Waals surface area contributed by atoms with E-state index in [1.165, 1.54) is 47.7 Å². The molecular formula is C14H14N2. The van der Waals surface area contributed by atoms with Crippen LogP contribution in [-0.2, 0) is 0 Å². The molecule has 0 bridgehead atoms. The van der Waals surface area contributed by atoms with Crippen molar-refractivity contribution >= 4 is 10.8 Å². The second-order valence-corrected chi connectivity index (χ2v) is 5.04. The van der Waals surface area contributed by atoms with Gasteiger partial charge in [0.05, 0.1) is 11.9 Å². The largest absolute Gasteiger partial charge is 0.158 e. The van der Waals surface area contributed by atoms with Gasteiger partial charge in [0.15, 0.2) is 0 Å². The van der Waals surface area contributed by atoms with Gasteiger partial charge < -0.3 is 0 Å². The van der Waals surface area contributed by atoms with Crippen molar-refractivity contribution in [1.29, 1.82) is 0 Å². The Kier molecular flexibility index (Phi) is 1.65. The van der Waals surface area contributed by atoms with Gasteiger partial charge in [-0.3, -0.25) is 0 Å². The number of fused-ring (bicyclic) bond motifs is 3. The lowest BCUT2D eigenvalue weighted by molar-refractivity contribution is 0.393. The van der Waals surface area contributed by atoms with Crippen molar-refractivity contribution in [2.24, 2.45) is 0 Å². The smallest absolute Gasteiger partial charge is 0.0749 e. The summed E-state index contributed by atoms with van der Waals surface area (Å²) in [6, 6.07) is 6.62. The number of hydrogen-bond acceptors (Lipinski definition) is 2. The molecule has 1 fully saturated rings. The van der Waals surface area contributed by atoms with Crippen LogP contribution < -0.4 is 0 Å². The van der Waals surface area contributed by atoms with E-state index < -0.39 is 0 Å². The lowest BCUT2D eigenvalue weighted by atomic mass is 9.79. The molecule has 16 heavy (non-hydrogen) atoms. The molecule has 0 radical (unpaired) electrons. The van der Waals surface area contributed by atoms with Gasteiger partial charge in [-0.1, -0.05) is 31.0 Å². The van der Waals surface area contributed by atoms with Crippen molar-refractivity contribution in [2.45, 2.75) is 37.5 Å². The van der Waals surface area contributed by atoms with Gasteiger partial charge in [0, 0.05) is 16.7 Å². The third kappa shape index (κ3) is 0.972. The van der Waals surface area contributed by atoms with Crippen LogP contribution in [0.1, 0.15) is 48.8 Å². The van der Waals surface area contributed by atoms with E-state index in [1.807, 2.05) is 6.20 Å². The minimum Gasteiger partial charge on any atom is -0.158 e. The van der Waals surface area contributed by atoms with Gasteiger partial charge in [-0.15, -0.1) is 0 Å². The maximum absolute atomic E-state index is 4.41. The second kappa shape index (κ2) is 3.03. The van der Waals surface area contributed by atoms with E-state index in [9.17, 15) is 0 Å². The summed E-state index contributed by atoms with van der Waals surface area (Å²) in [6.45, 7) is 0. The van der Waals surface area contributed by atoms with Crippen LogP contribution in [-0.4, -0.2) is 10.2 Å². The molecule has 1 aromatic carbocycles. The van der Waals surface area contributed by atoms with Crippen LogP contribution in [0.5, 0.6) is 0 Å². The highest BCUT2D eigenvalue weighted by Gasteiger charge is 2.37. The Hall–Kier alpha value is -1.44. The topological polar surface area (TPSA) is 25.8 Å². The average molecular weight is 210 g/mol. The molecule has 0 saturated heterocycles. The number of aromatic nitrogens is 2. The van der Waals surface area contributed by atoms with Gasteiger partial charge in [-0.25, -0.2) is 0 Å². The molecule has 0 N–H and O–H groups in total. The summed E-state index contributed by atoms with van der Waals surface area (Å²) >= 11 is 0. The van der Waals surface area contributed by atoms with Crippen LogP contribution in [0.15, 0.2) is 24.4 Å². The Labute approximate surface area is 94.7 Å². The molecule has 4 rings (SSSR count). The van der Waals surface area contributed by atoms with Crippen LogP contribution >= 0.6 is 0 Å². The minimum atomic E-state index is 0.655. The number of nitrogens with zero attached hydrogens (tertiary/aromatic N) is 2. The molecule has 0 spiro atoms. The second-order valence-electron chi connectivity index (χ2n) is 5.04. The quantitative estimate of drug-likeness (QED) is 0.666. The Morgan fingerprint density at radius 1 is 1.06 bits per heavy atom. The summed E-state index contributed by atoms with van der Waals surface area (Å²) in [5, 5.41) is 11.3. The molecule has 0 aliphatic heterocycles. The van der Waals surface area contributed by atoms with Gasteiger partial charge in [0.2, 0.25) is 0 Å². The highest BCUT2D eigenvalue weighted by molar-refractivity contribution is 5.90. The summed E-state index contributed by atoms with van der Waals surface area (Å²) in [4.78, 5) is 0. The van der Waals surface area contributed by atoms with Crippen molar-refractivity contribution in [3.8, 4) is 0 Å². The van der Waals surface area contributed by atoms with Crippen LogP contribution in [0.2, 0.25) is 0 Å². The van der Waals surface area contributed by atoms with Crippen molar-refractivity contribution in [3.05, 3.63) is 35.7 Å². The fraction of sp³-hybridized carbons (Fsp3) is 0.429. The molecule has 2 heteroatoms. The van der Waals surface area contributed by atoms with E-state index in [0.717, 1.165) is 5.92 Å². The molecular weight excluding hydrogens is 196 g/mol. The molecule has 2 aliphatic rings. The monoisotopic (exact) mass is 210 g/mol. The minimum absolute atomic E-state index is 0.655. The third-order valence-corrected chi connectivity index (χ3v) is 4.26. The summed E-state index contributed by atoms with van der Waals surface area (Å²) in [7, 11) is 0. The van der Waals surface area contributed by atoms with E-state index in [2.05, 4.69) is 28.4 Å². The van der Waals surface area contributed by atoms with Gasteiger partial charge in [0.1, 0.15) is 0 Å². The molecule has 2 aliphatic carbocycles. The Bertz CT molecular complexity index is 515. The first-order chi connectivity index (χ1) is 7.95. The lowest BCUT2D eigenvalue weighted by Crippen LogP contribution is -2.11. The Balaban J connectivity index is 2.07. The standard InChI is InChI=1S/C14H14N2/c1-2-6-12-10(5-1)11-7-3-4-9-8-15-16-14(12)13(9)11/h3-4,7-8,10,12H,1-2,5-6H2. The molecule has 1 heterocycles. The number of hydrogen-bond donors (Lipinski definition) is 0. The molecule has 1 aromatic heterocycles. The zero-order chi connectivity index (χ0) is 10.5. The maximum atomic E-state index is 4.41. The van der Waals surface area contributed by atoms with E-state index in [0.29, 0.717) is 5.92 Å². The van der Waals surface area contributed by atoms with Crippen LogP contribution in [0.3, 0.4) is 0 Å². The Morgan fingerprint density at radius 3 is 2.88 bits per heavy atom. The fourth-order valence-corrected chi connectivity index (χ4v) is 3.59. The predicted molar refractivity (Wildman–Crippen MR) is 63.5 cm³/mol. The van der Waals surface area contributed by atoms with Crippen molar-refractivity contribution < 1.29 is 0 Å². The summed E-state index contributed by atoms with van der Waals surface area (Å²) in [5.41, 5.74) is 2.81. The maximum Gasteiger partial charge on any atom is 0.0749 e. The summed E-state index contributed by atoms with van der Waals surface area (Å²) in [6.07, 6.45) is 7.26. The number of rotatable bonds is 0. The molecule has 2 atom stereocenters. The molecule has 2 aromatic rings. The molecule has 80 valence electrons. The summed E-state index contributed by atoms with van der Waals surface area (Å²) < 4.78 is 0. The molecule has 0 amide bonds. The van der Waals surface area contributed by atoms with Crippen molar-refractivity contribution in [2.75, 3.05) is 0 Å². The first kappa shape index (κ1) is 8.68. The van der Waals surface area contributed by atoms with Crippen molar-refractivity contribution in [1.82, 2.24) is 10.2 Å². The molecule has 2 nitrogen and oxygen atoms in total. The highest BCUT2D eigenvalue weighted by atomic mass is 15.1. The first-order valence-corrected chi connectivity index (χ1v) is 6.19. The Morgan fingerprint density at radius 2 is 1.94 bits per heavy atom. The predicted octanol–water partition coefficient (Wildman–Crippen LogP) is 3.38.